The third kappa shape index (κ3) is 1.64. The Morgan fingerprint density at radius 2 is 1.79 bits per heavy atom. The highest BCUT2D eigenvalue weighted by molar-refractivity contribution is 6.30. The van der Waals surface area contributed by atoms with Crippen LogP contribution in [0.4, 0.5) is 0 Å². The quantitative estimate of drug-likeness (QED) is 0.810. The molecule has 0 bridgehead atoms. The van der Waals surface area contributed by atoms with Gasteiger partial charge in [0.15, 0.2) is 0 Å². The average Bonchev–Trinajstić information content (AvgIpc) is 2.68. The van der Waals surface area contributed by atoms with Gasteiger partial charge in [-0.05, 0) is 12.1 Å². The molecule has 1 heterocycles. The second kappa shape index (κ2) is 3.87. The first-order chi connectivity index (χ1) is 6.77. The van der Waals surface area contributed by atoms with Gasteiger partial charge in [0.25, 0.3) is 0 Å². The number of nitrogens with two attached hydrogens (primary N) is 1. The lowest BCUT2D eigenvalue weighted by atomic mass is 10.1. The molecule has 1 aliphatic heterocycles. The minimum atomic E-state index is -0.759. The molecule has 0 unspecified atom stereocenters. The molecule has 0 aliphatic carbocycles. The van der Waals surface area contributed by atoms with Crippen molar-refractivity contribution in [3.8, 4) is 0 Å². The summed E-state index contributed by atoms with van der Waals surface area (Å²) in [5.74, 6) is -0.759. The van der Waals surface area contributed by atoms with E-state index >= 15 is 0 Å². The summed E-state index contributed by atoms with van der Waals surface area (Å²) in [6.07, 6.45) is 0. The van der Waals surface area contributed by atoms with Gasteiger partial charge < -0.3 is 15.2 Å². The van der Waals surface area contributed by atoms with Crippen LogP contribution in [0.2, 0.25) is 5.02 Å². The lowest BCUT2D eigenvalue weighted by molar-refractivity contribution is -0.156. The maximum Gasteiger partial charge on any atom is 0.207 e. The average molecular weight is 214 g/mol. The molecule has 2 N–H and O–H groups in total. The summed E-state index contributed by atoms with van der Waals surface area (Å²) in [6, 6.07) is 7.36. The second-order valence-corrected chi connectivity index (χ2v) is 3.60. The smallest absolute Gasteiger partial charge is 0.207 e. The number of hydrogen-bond donors (Lipinski definition) is 1. The van der Waals surface area contributed by atoms with Crippen LogP contribution >= 0.6 is 11.6 Å². The van der Waals surface area contributed by atoms with Gasteiger partial charge in [-0.25, -0.2) is 0 Å². The predicted molar refractivity (Wildman–Crippen MR) is 54.1 cm³/mol. The second-order valence-electron chi connectivity index (χ2n) is 3.16. The van der Waals surface area contributed by atoms with E-state index in [-0.39, 0.29) is 0 Å². The summed E-state index contributed by atoms with van der Waals surface area (Å²) in [5.41, 5.74) is 6.57. The van der Waals surface area contributed by atoms with Crippen LogP contribution in [0, 0.1) is 0 Å². The van der Waals surface area contributed by atoms with Gasteiger partial charge >= 0.3 is 0 Å². The standard InChI is InChI=1S/C10H12ClNO2/c11-9-3-1-8(2-4-9)10(7-12)13-5-6-14-10/h1-4H,5-7,12H2. The molecule has 1 saturated heterocycles. The minimum absolute atomic E-state index is 0.314. The van der Waals surface area contributed by atoms with Crippen LogP contribution in [0.15, 0.2) is 24.3 Å². The minimum Gasteiger partial charge on any atom is -0.342 e. The van der Waals surface area contributed by atoms with Crippen molar-refractivity contribution in [3.05, 3.63) is 34.9 Å². The number of rotatable bonds is 2. The summed E-state index contributed by atoms with van der Waals surface area (Å²) >= 11 is 5.79. The van der Waals surface area contributed by atoms with Gasteiger partial charge in [-0.15, -0.1) is 0 Å². The van der Waals surface area contributed by atoms with Crippen LogP contribution in [0.25, 0.3) is 0 Å². The Morgan fingerprint density at radius 3 is 2.29 bits per heavy atom. The summed E-state index contributed by atoms with van der Waals surface area (Å²) in [4.78, 5) is 0. The molecular weight excluding hydrogens is 202 g/mol. The van der Waals surface area contributed by atoms with E-state index in [2.05, 4.69) is 0 Å². The highest BCUT2D eigenvalue weighted by Crippen LogP contribution is 2.30. The third-order valence-electron chi connectivity index (χ3n) is 2.31. The third-order valence-corrected chi connectivity index (χ3v) is 2.56. The molecular formula is C10H12ClNO2. The van der Waals surface area contributed by atoms with Crippen molar-refractivity contribution in [2.75, 3.05) is 19.8 Å². The largest absolute Gasteiger partial charge is 0.342 e. The van der Waals surface area contributed by atoms with E-state index < -0.39 is 5.79 Å². The van der Waals surface area contributed by atoms with Crippen molar-refractivity contribution in [3.63, 3.8) is 0 Å². The molecule has 2 rings (SSSR count). The Bertz CT molecular complexity index is 306. The zero-order chi connectivity index (χ0) is 10.0. The monoisotopic (exact) mass is 213 g/mol. The van der Waals surface area contributed by atoms with E-state index in [9.17, 15) is 0 Å². The van der Waals surface area contributed by atoms with Gasteiger partial charge in [-0.2, -0.15) is 0 Å². The molecule has 0 spiro atoms. The van der Waals surface area contributed by atoms with E-state index in [0.717, 1.165) is 5.56 Å². The Labute approximate surface area is 87.8 Å². The van der Waals surface area contributed by atoms with Crippen molar-refractivity contribution in [2.45, 2.75) is 5.79 Å². The molecule has 0 atom stereocenters. The molecule has 0 saturated carbocycles. The molecule has 1 aliphatic rings. The predicted octanol–water partition coefficient (Wildman–Crippen LogP) is 1.50. The van der Waals surface area contributed by atoms with Gasteiger partial charge in [0.1, 0.15) is 0 Å². The van der Waals surface area contributed by atoms with E-state index in [1.165, 1.54) is 0 Å². The maximum absolute atomic E-state index is 5.79. The highest BCUT2D eigenvalue weighted by atomic mass is 35.5. The molecule has 1 aromatic rings. The lowest BCUT2D eigenvalue weighted by Crippen LogP contribution is -2.35. The molecule has 4 heteroatoms. The lowest BCUT2D eigenvalue weighted by Gasteiger charge is -2.25. The van der Waals surface area contributed by atoms with Crippen molar-refractivity contribution in [1.29, 1.82) is 0 Å². The zero-order valence-electron chi connectivity index (χ0n) is 7.70. The SMILES string of the molecule is NCC1(c2ccc(Cl)cc2)OCCO1. The molecule has 0 radical (unpaired) electrons. The zero-order valence-corrected chi connectivity index (χ0v) is 8.46. The first kappa shape index (κ1) is 9.93. The fraction of sp³-hybridized carbons (Fsp3) is 0.400. The van der Waals surface area contributed by atoms with Gasteiger partial charge in [-0.1, -0.05) is 23.7 Å². The number of hydrogen-bond acceptors (Lipinski definition) is 3. The van der Waals surface area contributed by atoms with Crippen LogP contribution in [-0.2, 0) is 15.3 Å². The molecule has 0 amide bonds. The fourth-order valence-corrected chi connectivity index (χ4v) is 1.69. The summed E-state index contributed by atoms with van der Waals surface area (Å²) in [5, 5.41) is 0.693. The number of halogens is 1. The molecule has 3 nitrogen and oxygen atoms in total. The van der Waals surface area contributed by atoms with E-state index in [1.54, 1.807) is 12.1 Å². The van der Waals surface area contributed by atoms with Gasteiger partial charge in [0.2, 0.25) is 5.79 Å². The summed E-state index contributed by atoms with van der Waals surface area (Å²) in [7, 11) is 0. The summed E-state index contributed by atoms with van der Waals surface area (Å²) < 4.78 is 11.1. The van der Waals surface area contributed by atoms with Crippen LogP contribution < -0.4 is 5.73 Å². The van der Waals surface area contributed by atoms with Gasteiger partial charge in [-0.3, -0.25) is 0 Å². The van der Waals surface area contributed by atoms with Crippen LogP contribution in [-0.4, -0.2) is 19.8 Å². The molecule has 1 aromatic carbocycles. The summed E-state index contributed by atoms with van der Waals surface area (Å²) in [6.45, 7) is 1.48. The Balaban J connectivity index is 2.31. The Hall–Kier alpha value is -0.610. The van der Waals surface area contributed by atoms with Crippen LogP contribution in [0.3, 0.4) is 0 Å². The number of ether oxygens (including phenoxy) is 2. The van der Waals surface area contributed by atoms with Crippen molar-refractivity contribution in [1.82, 2.24) is 0 Å². The molecule has 0 aromatic heterocycles. The van der Waals surface area contributed by atoms with Gasteiger partial charge in [0.05, 0.1) is 19.8 Å². The Kier molecular flexibility index (Phi) is 2.74. The first-order valence-corrected chi connectivity index (χ1v) is 4.89. The first-order valence-electron chi connectivity index (χ1n) is 4.51. The van der Waals surface area contributed by atoms with Crippen molar-refractivity contribution >= 4 is 11.6 Å². The van der Waals surface area contributed by atoms with E-state index in [4.69, 9.17) is 26.8 Å². The van der Waals surface area contributed by atoms with Crippen molar-refractivity contribution in [2.24, 2.45) is 5.73 Å². The molecule has 14 heavy (non-hydrogen) atoms. The molecule has 76 valence electrons. The number of benzene rings is 1. The van der Waals surface area contributed by atoms with Gasteiger partial charge in [0, 0.05) is 10.6 Å². The maximum atomic E-state index is 5.79. The van der Waals surface area contributed by atoms with E-state index in [1.807, 2.05) is 12.1 Å². The molecule has 1 fully saturated rings. The van der Waals surface area contributed by atoms with E-state index in [0.29, 0.717) is 24.8 Å². The van der Waals surface area contributed by atoms with Crippen LogP contribution in [0.1, 0.15) is 5.56 Å². The van der Waals surface area contributed by atoms with Crippen LogP contribution in [0.5, 0.6) is 0 Å². The normalized spacial score (nSPS) is 19.9. The highest BCUT2D eigenvalue weighted by Gasteiger charge is 2.36. The fourth-order valence-electron chi connectivity index (χ4n) is 1.56. The Morgan fingerprint density at radius 1 is 1.21 bits per heavy atom. The van der Waals surface area contributed by atoms with Crippen molar-refractivity contribution < 1.29 is 9.47 Å². The topological polar surface area (TPSA) is 44.5 Å².